The molecule has 49 heavy (non-hydrogen) atoms. The van der Waals surface area contributed by atoms with Gasteiger partial charge in [-0.05, 0) is 51.5 Å². The van der Waals surface area contributed by atoms with Gasteiger partial charge < -0.3 is 4.42 Å². The summed E-state index contributed by atoms with van der Waals surface area (Å²) in [6.07, 6.45) is 0. The summed E-state index contributed by atoms with van der Waals surface area (Å²) in [6, 6.07) is 15.2. The molecule has 4 nitrogen and oxygen atoms in total. The fourth-order valence-corrected chi connectivity index (χ4v) is 5.47. The van der Waals surface area contributed by atoms with Crippen LogP contribution in [-0.4, -0.2) is 15.0 Å². The van der Waals surface area contributed by atoms with E-state index in [1.54, 1.807) is 42.5 Å². The SMILES string of the molecule is [2H]c1c([2H])c(-c2nc(-c3ccccc3)nc(-c3ccc(-c4ccccc4)cc3)n2)c([2H])c(-c2c([2H])c([2H])c(-c3c([2H])c([2H])c([2H])c4oc5c([2H])c([2H])c([2H])c([2H])c5c34)c([2H])c2[2H])c1[2H]. The van der Waals surface area contributed by atoms with Gasteiger partial charge in [-0.3, -0.25) is 0 Å². The van der Waals surface area contributed by atoms with E-state index in [2.05, 4.69) is 9.97 Å². The van der Waals surface area contributed by atoms with Crippen molar-refractivity contribution in [2.24, 2.45) is 0 Å². The normalized spacial score (nSPS) is 15.6. The molecule has 2 aromatic heterocycles. The number of fused-ring (bicyclic) bond motifs is 3. The number of furan rings is 1. The van der Waals surface area contributed by atoms with Crippen LogP contribution in [0.3, 0.4) is 0 Å². The van der Waals surface area contributed by atoms with Crippen molar-refractivity contribution in [2.45, 2.75) is 0 Å². The van der Waals surface area contributed by atoms with Crippen LogP contribution in [0.4, 0.5) is 0 Å². The van der Waals surface area contributed by atoms with Crippen molar-refractivity contribution in [3.63, 3.8) is 0 Å². The first-order valence-electron chi connectivity index (χ1n) is 22.6. The van der Waals surface area contributed by atoms with E-state index in [1.165, 1.54) is 0 Å². The monoisotopic (exact) mass is 642 g/mol. The van der Waals surface area contributed by atoms with Gasteiger partial charge in [-0.1, -0.05) is 157 Å². The predicted octanol–water partition coefficient (Wildman–Crippen LogP) is 11.8. The Morgan fingerprint density at radius 1 is 0.388 bits per heavy atom. The lowest BCUT2D eigenvalue weighted by atomic mass is 9.96. The lowest BCUT2D eigenvalue weighted by Crippen LogP contribution is -2.00. The summed E-state index contributed by atoms with van der Waals surface area (Å²) in [7, 11) is 0. The first-order chi connectivity index (χ1) is 30.5. The van der Waals surface area contributed by atoms with Crippen LogP contribution in [0.5, 0.6) is 0 Å². The second-order valence-corrected chi connectivity index (χ2v) is 10.9. The zero-order valence-corrected chi connectivity index (χ0v) is 25.3. The van der Waals surface area contributed by atoms with Gasteiger partial charge in [-0.25, -0.2) is 15.0 Å². The van der Waals surface area contributed by atoms with Crippen LogP contribution in [0.1, 0.15) is 20.6 Å². The zero-order valence-electron chi connectivity index (χ0n) is 40.3. The molecule has 0 radical (unpaired) electrons. The van der Waals surface area contributed by atoms with E-state index in [-0.39, 0.29) is 33.8 Å². The van der Waals surface area contributed by atoms with Crippen LogP contribution in [0, 0.1) is 0 Å². The molecule has 230 valence electrons. The highest BCUT2D eigenvalue weighted by Crippen LogP contribution is 2.37. The Hall–Kier alpha value is -6.65. The number of benzene rings is 7. The number of para-hydroxylation sites is 1. The third-order valence-electron chi connectivity index (χ3n) is 7.84. The van der Waals surface area contributed by atoms with Crippen molar-refractivity contribution in [1.82, 2.24) is 15.0 Å². The summed E-state index contributed by atoms with van der Waals surface area (Å²) in [6.45, 7) is 0. The fraction of sp³-hybridized carbons (Fsp3) is 0. The van der Waals surface area contributed by atoms with Crippen LogP contribution in [0.25, 0.3) is 89.5 Å². The summed E-state index contributed by atoms with van der Waals surface area (Å²) in [5.74, 6) is 0.0778. The minimum atomic E-state index is -0.829. The van der Waals surface area contributed by atoms with Gasteiger partial charge in [0.05, 0.1) is 20.6 Å². The van der Waals surface area contributed by atoms with Crippen LogP contribution >= 0.6 is 0 Å². The van der Waals surface area contributed by atoms with Crippen LogP contribution in [-0.2, 0) is 0 Å². The number of aromatic nitrogens is 3. The molecule has 0 bridgehead atoms. The second kappa shape index (κ2) is 12.2. The van der Waals surface area contributed by atoms with E-state index in [4.69, 9.17) is 23.1 Å². The average molecular weight is 643 g/mol. The Balaban J connectivity index is 1.29. The number of nitrogens with zero attached hydrogens (tertiary/aromatic N) is 3. The van der Waals surface area contributed by atoms with Gasteiger partial charge in [0, 0.05) is 27.5 Å². The standard InChI is InChI=1S/C45H29N3O/c1-3-11-30(12-4-1)31-23-27-35(28-24-31)44-46-43(34-13-5-2-6-14-34)47-45(48-44)37-16-9-15-36(29-37)32-21-25-33(26-22-32)38-18-10-20-41-42(38)39-17-7-8-19-40(39)49-41/h1-29H/i7D,8D,9D,10D,15D,16D,17D,18D,19D,20D,21D,22D,25D,26D,29D. The maximum atomic E-state index is 9.50. The molecule has 9 rings (SSSR count). The molecule has 0 unspecified atom stereocenters. The quantitative estimate of drug-likeness (QED) is 0.181. The second-order valence-electron chi connectivity index (χ2n) is 10.9. The van der Waals surface area contributed by atoms with Gasteiger partial charge in [-0.2, -0.15) is 0 Å². The van der Waals surface area contributed by atoms with Gasteiger partial charge in [0.15, 0.2) is 17.5 Å². The summed E-state index contributed by atoms with van der Waals surface area (Å²) in [5, 5.41) is -0.596. The molecule has 0 aliphatic carbocycles. The van der Waals surface area contributed by atoms with Crippen molar-refractivity contribution in [1.29, 1.82) is 0 Å². The van der Waals surface area contributed by atoms with E-state index in [9.17, 15) is 6.85 Å². The van der Waals surface area contributed by atoms with Crippen molar-refractivity contribution in [2.75, 3.05) is 0 Å². The molecule has 0 N–H and O–H groups in total. The molecule has 0 aliphatic heterocycles. The van der Waals surface area contributed by atoms with Gasteiger partial charge in [0.2, 0.25) is 0 Å². The fourth-order valence-electron chi connectivity index (χ4n) is 5.47. The molecule has 0 fully saturated rings. The molecule has 0 saturated carbocycles. The minimum Gasteiger partial charge on any atom is -0.456 e. The molecule has 2 heterocycles. The van der Waals surface area contributed by atoms with Gasteiger partial charge >= 0.3 is 0 Å². The van der Waals surface area contributed by atoms with Crippen molar-refractivity contribution >= 4 is 21.9 Å². The molecular formula is C45H29N3O. The first kappa shape index (κ1) is 17.0. The van der Waals surface area contributed by atoms with E-state index < -0.39 is 124 Å². The Bertz CT molecular complexity index is 3410. The van der Waals surface area contributed by atoms with Crippen LogP contribution in [0.2, 0.25) is 0 Å². The highest BCUT2D eigenvalue weighted by molar-refractivity contribution is 6.12. The average Bonchev–Trinajstić information content (AvgIpc) is 3.71. The third kappa shape index (κ3) is 5.45. The van der Waals surface area contributed by atoms with Gasteiger partial charge in [-0.15, -0.1) is 0 Å². The van der Waals surface area contributed by atoms with Crippen LogP contribution in [0.15, 0.2) is 180 Å². The van der Waals surface area contributed by atoms with E-state index in [0.29, 0.717) is 11.1 Å². The summed E-state index contributed by atoms with van der Waals surface area (Å²) < 4.78 is 139. The van der Waals surface area contributed by atoms with Crippen molar-refractivity contribution in [3.8, 4) is 67.5 Å². The summed E-state index contributed by atoms with van der Waals surface area (Å²) in [5.41, 5.74) is -0.361. The van der Waals surface area contributed by atoms with Crippen molar-refractivity contribution < 1.29 is 25.0 Å². The molecule has 4 heteroatoms. The molecule has 0 aliphatic rings. The number of hydrogen-bond acceptors (Lipinski definition) is 4. The first-order valence-corrected chi connectivity index (χ1v) is 15.1. The Morgan fingerprint density at radius 2 is 0.918 bits per heavy atom. The van der Waals surface area contributed by atoms with E-state index in [0.717, 1.165) is 11.1 Å². The third-order valence-corrected chi connectivity index (χ3v) is 7.84. The van der Waals surface area contributed by atoms with Gasteiger partial charge in [0.25, 0.3) is 0 Å². The number of rotatable bonds is 6. The molecule has 0 atom stereocenters. The topological polar surface area (TPSA) is 51.8 Å². The smallest absolute Gasteiger partial charge is 0.164 e. The maximum absolute atomic E-state index is 9.50. The largest absolute Gasteiger partial charge is 0.456 e. The Kier molecular flexibility index (Phi) is 4.21. The highest BCUT2D eigenvalue weighted by Gasteiger charge is 2.15. The molecule has 0 saturated heterocycles. The minimum absolute atomic E-state index is 0.153. The number of hydrogen-bond donors (Lipinski definition) is 0. The summed E-state index contributed by atoms with van der Waals surface area (Å²) >= 11 is 0. The van der Waals surface area contributed by atoms with E-state index >= 15 is 0 Å². The lowest BCUT2D eigenvalue weighted by Gasteiger charge is -2.11. The molecular weight excluding hydrogens is 599 g/mol. The zero-order chi connectivity index (χ0) is 45.6. The highest BCUT2D eigenvalue weighted by atomic mass is 16.3. The molecule has 9 aromatic rings. The van der Waals surface area contributed by atoms with Crippen LogP contribution < -0.4 is 0 Å². The molecule has 7 aromatic carbocycles. The lowest BCUT2D eigenvalue weighted by molar-refractivity contribution is 0.669. The Morgan fingerprint density at radius 3 is 1.65 bits per heavy atom. The summed E-state index contributed by atoms with van der Waals surface area (Å²) in [4.78, 5) is 14.0. The predicted molar refractivity (Wildman–Crippen MR) is 200 cm³/mol. The molecule has 0 amide bonds. The Labute approximate surface area is 305 Å². The van der Waals surface area contributed by atoms with E-state index in [1.807, 2.05) is 42.5 Å². The maximum Gasteiger partial charge on any atom is 0.164 e. The van der Waals surface area contributed by atoms with Crippen molar-refractivity contribution in [3.05, 3.63) is 176 Å². The van der Waals surface area contributed by atoms with Gasteiger partial charge in [0.1, 0.15) is 11.2 Å². The molecule has 0 spiro atoms.